The van der Waals surface area contributed by atoms with Crippen LogP contribution in [0.1, 0.15) is 30.1 Å². The van der Waals surface area contributed by atoms with E-state index >= 15 is 0 Å². The summed E-state index contributed by atoms with van der Waals surface area (Å²) in [5.74, 6) is 0.165. The molecule has 3 rings (SSSR count). The van der Waals surface area contributed by atoms with E-state index in [0.29, 0.717) is 6.04 Å². The largest absolute Gasteiger partial charge is 0.361 e. The van der Waals surface area contributed by atoms with Gasteiger partial charge in [-0.25, -0.2) is 0 Å². The quantitative estimate of drug-likeness (QED) is 0.800. The first-order chi connectivity index (χ1) is 8.25. The van der Waals surface area contributed by atoms with Crippen molar-refractivity contribution in [1.29, 1.82) is 0 Å². The summed E-state index contributed by atoms with van der Waals surface area (Å²) < 4.78 is 0. The molecule has 1 atom stereocenters. The number of nitrogens with one attached hydrogen (secondary N) is 1. The van der Waals surface area contributed by atoms with Crippen molar-refractivity contribution < 1.29 is 4.79 Å². The van der Waals surface area contributed by atoms with Crippen molar-refractivity contribution in [3.8, 4) is 0 Å². The van der Waals surface area contributed by atoms with E-state index < -0.39 is 0 Å². The number of amides is 1. The Morgan fingerprint density at radius 2 is 2.29 bits per heavy atom. The van der Waals surface area contributed by atoms with Gasteiger partial charge in [-0.15, -0.1) is 0 Å². The van der Waals surface area contributed by atoms with Crippen molar-refractivity contribution in [2.45, 2.75) is 25.8 Å². The maximum absolute atomic E-state index is 12.3. The SMILES string of the molecule is CC1CCCN1C(=O)c1ccc2[nH]ccc2c1. The van der Waals surface area contributed by atoms with Gasteiger partial charge in [0.25, 0.3) is 5.91 Å². The molecule has 88 valence electrons. The van der Waals surface area contributed by atoms with E-state index in [2.05, 4.69) is 11.9 Å². The number of fused-ring (bicyclic) bond motifs is 1. The monoisotopic (exact) mass is 228 g/mol. The van der Waals surface area contributed by atoms with Crippen LogP contribution in [0.5, 0.6) is 0 Å². The molecule has 1 unspecified atom stereocenters. The molecular weight excluding hydrogens is 212 g/mol. The Kier molecular flexibility index (Phi) is 2.39. The molecule has 2 aromatic rings. The molecule has 3 heteroatoms. The number of hydrogen-bond donors (Lipinski definition) is 1. The first-order valence-electron chi connectivity index (χ1n) is 6.14. The summed E-state index contributed by atoms with van der Waals surface area (Å²) in [7, 11) is 0. The van der Waals surface area contributed by atoms with Gasteiger partial charge in [-0.2, -0.15) is 0 Å². The highest BCUT2D eigenvalue weighted by Gasteiger charge is 2.25. The molecule has 1 fully saturated rings. The molecule has 0 saturated carbocycles. The zero-order chi connectivity index (χ0) is 11.8. The molecule has 1 aliphatic rings. The number of likely N-dealkylation sites (tertiary alicyclic amines) is 1. The van der Waals surface area contributed by atoms with Gasteiger partial charge in [0.2, 0.25) is 0 Å². The number of nitrogens with zero attached hydrogens (tertiary/aromatic N) is 1. The number of aromatic nitrogens is 1. The molecule has 1 N–H and O–H groups in total. The van der Waals surface area contributed by atoms with E-state index in [9.17, 15) is 4.79 Å². The molecule has 0 bridgehead atoms. The summed E-state index contributed by atoms with van der Waals surface area (Å²) in [6.45, 7) is 3.02. The molecule has 1 saturated heterocycles. The number of aromatic amines is 1. The second-order valence-electron chi connectivity index (χ2n) is 4.77. The van der Waals surface area contributed by atoms with E-state index in [1.807, 2.05) is 35.4 Å². The average Bonchev–Trinajstić information content (AvgIpc) is 2.95. The third-order valence-corrected chi connectivity index (χ3v) is 3.61. The number of rotatable bonds is 1. The van der Waals surface area contributed by atoms with Gasteiger partial charge >= 0.3 is 0 Å². The second kappa shape index (κ2) is 3.91. The smallest absolute Gasteiger partial charge is 0.254 e. The van der Waals surface area contributed by atoms with Gasteiger partial charge in [0, 0.05) is 35.2 Å². The minimum absolute atomic E-state index is 0.165. The molecule has 17 heavy (non-hydrogen) atoms. The highest BCUT2D eigenvalue weighted by molar-refractivity contribution is 5.98. The summed E-state index contributed by atoms with van der Waals surface area (Å²) in [5.41, 5.74) is 1.88. The van der Waals surface area contributed by atoms with Crippen LogP contribution in [-0.2, 0) is 0 Å². The first kappa shape index (κ1) is 10.4. The van der Waals surface area contributed by atoms with Gasteiger partial charge < -0.3 is 9.88 Å². The van der Waals surface area contributed by atoms with Gasteiger partial charge in [-0.1, -0.05) is 0 Å². The van der Waals surface area contributed by atoms with Crippen molar-refractivity contribution in [3.05, 3.63) is 36.0 Å². The number of benzene rings is 1. The van der Waals surface area contributed by atoms with Crippen LogP contribution < -0.4 is 0 Å². The predicted octanol–water partition coefficient (Wildman–Crippen LogP) is 2.79. The molecule has 0 radical (unpaired) electrons. The maximum atomic E-state index is 12.3. The van der Waals surface area contributed by atoms with Crippen molar-refractivity contribution in [2.75, 3.05) is 6.54 Å². The topological polar surface area (TPSA) is 36.1 Å². The fourth-order valence-corrected chi connectivity index (χ4v) is 2.59. The Balaban J connectivity index is 1.94. The molecule has 3 nitrogen and oxygen atoms in total. The van der Waals surface area contributed by atoms with Crippen LogP contribution in [0.4, 0.5) is 0 Å². The molecule has 0 spiro atoms. The average molecular weight is 228 g/mol. The zero-order valence-corrected chi connectivity index (χ0v) is 9.94. The molecule has 2 heterocycles. The van der Waals surface area contributed by atoms with Crippen LogP contribution in [0.2, 0.25) is 0 Å². The van der Waals surface area contributed by atoms with Gasteiger partial charge in [-0.05, 0) is 44.0 Å². The fraction of sp³-hybridized carbons (Fsp3) is 0.357. The summed E-state index contributed by atoms with van der Waals surface area (Å²) in [6.07, 6.45) is 4.15. The van der Waals surface area contributed by atoms with E-state index in [1.54, 1.807) is 0 Å². The maximum Gasteiger partial charge on any atom is 0.254 e. The number of hydrogen-bond acceptors (Lipinski definition) is 1. The lowest BCUT2D eigenvalue weighted by Crippen LogP contribution is -2.33. The Morgan fingerprint density at radius 1 is 1.41 bits per heavy atom. The van der Waals surface area contributed by atoms with Crippen molar-refractivity contribution in [3.63, 3.8) is 0 Å². The highest BCUT2D eigenvalue weighted by Crippen LogP contribution is 2.21. The van der Waals surface area contributed by atoms with Crippen LogP contribution in [0.25, 0.3) is 10.9 Å². The number of H-pyrrole nitrogens is 1. The Hall–Kier alpha value is -1.77. The third kappa shape index (κ3) is 1.71. The van der Waals surface area contributed by atoms with E-state index in [0.717, 1.165) is 35.9 Å². The molecule has 1 amide bonds. The summed E-state index contributed by atoms with van der Waals surface area (Å²) in [4.78, 5) is 17.5. The normalized spacial score (nSPS) is 20.1. The van der Waals surface area contributed by atoms with Crippen LogP contribution in [0, 0.1) is 0 Å². The van der Waals surface area contributed by atoms with E-state index in [1.165, 1.54) is 0 Å². The van der Waals surface area contributed by atoms with Crippen LogP contribution >= 0.6 is 0 Å². The molecule has 1 aromatic carbocycles. The van der Waals surface area contributed by atoms with E-state index in [4.69, 9.17) is 0 Å². The summed E-state index contributed by atoms with van der Waals surface area (Å²) >= 11 is 0. The fourth-order valence-electron chi connectivity index (χ4n) is 2.59. The highest BCUT2D eigenvalue weighted by atomic mass is 16.2. The minimum Gasteiger partial charge on any atom is -0.361 e. The molecule has 1 aromatic heterocycles. The van der Waals surface area contributed by atoms with Crippen LogP contribution in [0.3, 0.4) is 0 Å². The lowest BCUT2D eigenvalue weighted by Gasteiger charge is -2.21. The van der Waals surface area contributed by atoms with E-state index in [-0.39, 0.29) is 5.91 Å². The third-order valence-electron chi connectivity index (χ3n) is 3.61. The second-order valence-corrected chi connectivity index (χ2v) is 4.77. The van der Waals surface area contributed by atoms with Crippen molar-refractivity contribution in [2.24, 2.45) is 0 Å². The summed E-state index contributed by atoms with van der Waals surface area (Å²) in [5, 5.41) is 1.10. The van der Waals surface area contributed by atoms with Gasteiger partial charge in [-0.3, -0.25) is 4.79 Å². The standard InChI is InChI=1S/C14H16N2O/c1-10-3-2-8-16(10)14(17)12-4-5-13-11(9-12)6-7-15-13/h4-7,9-10,15H,2-3,8H2,1H3. The Bertz CT molecular complexity index is 558. The van der Waals surface area contributed by atoms with Gasteiger partial charge in [0.15, 0.2) is 0 Å². The number of carbonyl (C=O) groups is 1. The van der Waals surface area contributed by atoms with Gasteiger partial charge in [0.05, 0.1) is 0 Å². The van der Waals surface area contributed by atoms with Crippen LogP contribution in [-0.4, -0.2) is 28.4 Å². The lowest BCUT2D eigenvalue weighted by atomic mass is 10.1. The zero-order valence-electron chi connectivity index (χ0n) is 9.94. The van der Waals surface area contributed by atoms with Gasteiger partial charge in [0.1, 0.15) is 0 Å². The number of carbonyl (C=O) groups excluding carboxylic acids is 1. The van der Waals surface area contributed by atoms with Crippen molar-refractivity contribution in [1.82, 2.24) is 9.88 Å². The summed E-state index contributed by atoms with van der Waals surface area (Å²) in [6, 6.07) is 8.23. The van der Waals surface area contributed by atoms with Crippen molar-refractivity contribution >= 4 is 16.8 Å². The lowest BCUT2D eigenvalue weighted by molar-refractivity contribution is 0.0747. The molecule has 0 aliphatic carbocycles. The predicted molar refractivity (Wildman–Crippen MR) is 68.0 cm³/mol. The Morgan fingerprint density at radius 3 is 3.06 bits per heavy atom. The van der Waals surface area contributed by atoms with Crippen LogP contribution in [0.15, 0.2) is 30.5 Å². The first-order valence-corrected chi connectivity index (χ1v) is 6.14. The molecule has 1 aliphatic heterocycles. The Labute approximate surface area is 100 Å². The minimum atomic E-state index is 0.165. The molecular formula is C14H16N2O.